The van der Waals surface area contributed by atoms with Gasteiger partial charge in [0.15, 0.2) is 5.82 Å². The summed E-state index contributed by atoms with van der Waals surface area (Å²) in [6.45, 7) is 0.565. The highest BCUT2D eigenvalue weighted by atomic mass is 32.1. The van der Waals surface area contributed by atoms with E-state index in [-0.39, 0.29) is 0 Å². The molecular formula is C12H11N3S. The first kappa shape index (κ1) is 9.57. The normalized spacial score (nSPS) is 11.1. The minimum Gasteiger partial charge on any atom is -0.326 e. The van der Waals surface area contributed by atoms with E-state index in [1.807, 2.05) is 24.5 Å². The molecule has 0 saturated heterocycles. The number of nitrogens with two attached hydrogens (primary N) is 1. The van der Waals surface area contributed by atoms with Gasteiger partial charge >= 0.3 is 0 Å². The maximum Gasteiger partial charge on any atom is 0.154 e. The van der Waals surface area contributed by atoms with E-state index in [1.165, 1.54) is 4.88 Å². The Morgan fingerprint density at radius 1 is 1.38 bits per heavy atom. The van der Waals surface area contributed by atoms with Crippen molar-refractivity contribution >= 4 is 16.9 Å². The molecule has 0 aromatic carbocycles. The summed E-state index contributed by atoms with van der Waals surface area (Å²) in [5.74, 6) is 0.994. The fourth-order valence-electron chi connectivity index (χ4n) is 1.76. The molecule has 0 unspecified atom stereocenters. The Bertz CT molecular complexity index is 610. The Balaban J connectivity index is 2.21. The van der Waals surface area contributed by atoms with E-state index >= 15 is 0 Å². The maximum absolute atomic E-state index is 5.61. The molecule has 0 aliphatic carbocycles. The first-order valence-corrected chi connectivity index (χ1v) is 5.96. The molecule has 3 aromatic heterocycles. The van der Waals surface area contributed by atoms with Crippen LogP contribution < -0.4 is 5.73 Å². The summed E-state index contributed by atoms with van der Waals surface area (Å²) in [5, 5.41) is 2.06. The van der Waals surface area contributed by atoms with Gasteiger partial charge in [-0.3, -0.25) is 4.40 Å². The molecule has 0 saturated carbocycles. The van der Waals surface area contributed by atoms with Crippen molar-refractivity contribution in [3.63, 3.8) is 0 Å². The Kier molecular flexibility index (Phi) is 2.23. The van der Waals surface area contributed by atoms with Crippen molar-refractivity contribution < 1.29 is 0 Å². The fraction of sp³-hybridized carbons (Fsp3) is 0.0833. The second-order valence-corrected chi connectivity index (χ2v) is 4.54. The highest BCUT2D eigenvalue weighted by Crippen LogP contribution is 2.24. The van der Waals surface area contributed by atoms with Gasteiger partial charge in [0.2, 0.25) is 0 Å². The summed E-state index contributed by atoms with van der Waals surface area (Å²) in [6, 6.07) is 8.22. The lowest BCUT2D eigenvalue weighted by molar-refractivity contribution is 1.05. The summed E-state index contributed by atoms with van der Waals surface area (Å²) in [7, 11) is 0. The number of fused-ring (bicyclic) bond motifs is 1. The molecule has 0 aliphatic rings. The minimum atomic E-state index is 0.565. The number of aromatic nitrogens is 2. The second kappa shape index (κ2) is 3.73. The lowest BCUT2D eigenvalue weighted by Crippen LogP contribution is -1.97. The molecule has 3 aromatic rings. The number of pyridine rings is 1. The molecule has 0 aliphatic heterocycles. The average molecular weight is 229 g/mol. The summed E-state index contributed by atoms with van der Waals surface area (Å²) in [4.78, 5) is 5.63. The van der Waals surface area contributed by atoms with Gasteiger partial charge in [-0.1, -0.05) is 6.07 Å². The summed E-state index contributed by atoms with van der Waals surface area (Å²) in [6.07, 6.45) is 3.91. The van der Waals surface area contributed by atoms with Crippen LogP contribution >= 0.6 is 11.3 Å². The molecule has 3 rings (SSSR count). The van der Waals surface area contributed by atoms with Gasteiger partial charge in [0.1, 0.15) is 0 Å². The first-order chi connectivity index (χ1) is 7.88. The van der Waals surface area contributed by atoms with Crippen molar-refractivity contribution in [1.29, 1.82) is 0 Å². The summed E-state index contributed by atoms with van der Waals surface area (Å²) >= 11 is 1.70. The monoisotopic (exact) mass is 229 g/mol. The molecule has 0 atom stereocenters. The number of hydrogen-bond donors (Lipinski definition) is 1. The van der Waals surface area contributed by atoms with Crippen molar-refractivity contribution in [2.24, 2.45) is 5.73 Å². The third kappa shape index (κ3) is 1.43. The van der Waals surface area contributed by atoms with E-state index in [9.17, 15) is 0 Å². The van der Waals surface area contributed by atoms with Crippen molar-refractivity contribution in [2.45, 2.75) is 6.54 Å². The van der Waals surface area contributed by atoms with Crippen LogP contribution in [0.25, 0.3) is 16.2 Å². The Morgan fingerprint density at radius 3 is 3.06 bits per heavy atom. The molecule has 0 amide bonds. The van der Waals surface area contributed by atoms with Gasteiger partial charge in [-0.25, -0.2) is 4.98 Å². The lowest BCUT2D eigenvalue weighted by Gasteiger charge is -2.00. The molecule has 80 valence electrons. The number of nitrogens with zero attached hydrogens (tertiary/aromatic N) is 2. The van der Waals surface area contributed by atoms with Gasteiger partial charge in [-0.15, -0.1) is 11.3 Å². The number of imidazole rings is 1. The molecule has 4 heteroatoms. The van der Waals surface area contributed by atoms with Gasteiger partial charge < -0.3 is 5.73 Å². The van der Waals surface area contributed by atoms with E-state index in [1.54, 1.807) is 11.3 Å². The van der Waals surface area contributed by atoms with Crippen LogP contribution in [-0.2, 0) is 6.54 Å². The number of hydrogen-bond acceptors (Lipinski definition) is 3. The van der Waals surface area contributed by atoms with E-state index in [0.717, 1.165) is 16.9 Å². The highest BCUT2D eigenvalue weighted by Gasteiger charge is 2.06. The topological polar surface area (TPSA) is 43.3 Å². The van der Waals surface area contributed by atoms with Crippen molar-refractivity contribution in [3.8, 4) is 10.7 Å². The zero-order valence-corrected chi connectivity index (χ0v) is 9.45. The molecule has 0 radical (unpaired) electrons. The Morgan fingerprint density at radius 2 is 2.31 bits per heavy atom. The third-order valence-corrected chi connectivity index (χ3v) is 3.44. The fourth-order valence-corrected chi connectivity index (χ4v) is 2.48. The first-order valence-electron chi connectivity index (χ1n) is 5.08. The molecule has 3 heterocycles. The molecule has 0 bridgehead atoms. The third-order valence-electron chi connectivity index (χ3n) is 2.57. The largest absolute Gasteiger partial charge is 0.326 e. The molecular weight excluding hydrogens is 218 g/mol. The van der Waals surface area contributed by atoms with E-state index in [4.69, 9.17) is 5.73 Å². The zero-order valence-electron chi connectivity index (χ0n) is 8.63. The van der Waals surface area contributed by atoms with E-state index < -0.39 is 0 Å². The van der Waals surface area contributed by atoms with Crippen molar-refractivity contribution in [1.82, 2.24) is 9.38 Å². The summed E-state index contributed by atoms with van der Waals surface area (Å²) in [5.41, 5.74) is 7.83. The average Bonchev–Trinajstić information content (AvgIpc) is 2.96. The SMILES string of the molecule is NCc1ccn2c(-c3cccs3)ncc2c1. The standard InChI is InChI=1S/C12H11N3S/c13-7-9-3-4-15-10(6-9)8-14-12(15)11-2-1-5-16-11/h1-6,8H,7,13H2. The van der Waals surface area contributed by atoms with Gasteiger partial charge in [-0.05, 0) is 29.1 Å². The van der Waals surface area contributed by atoms with E-state index in [2.05, 4.69) is 26.9 Å². The van der Waals surface area contributed by atoms with E-state index in [0.29, 0.717) is 6.54 Å². The van der Waals surface area contributed by atoms with Gasteiger partial charge in [-0.2, -0.15) is 0 Å². The number of thiophene rings is 1. The second-order valence-electron chi connectivity index (χ2n) is 3.59. The van der Waals surface area contributed by atoms with Crippen LogP contribution in [0.4, 0.5) is 0 Å². The predicted molar refractivity (Wildman–Crippen MR) is 66.4 cm³/mol. The molecule has 0 fully saturated rings. The molecule has 3 nitrogen and oxygen atoms in total. The Hall–Kier alpha value is -1.65. The van der Waals surface area contributed by atoms with Crippen LogP contribution in [0.3, 0.4) is 0 Å². The Labute approximate surface area is 97.2 Å². The minimum absolute atomic E-state index is 0.565. The highest BCUT2D eigenvalue weighted by molar-refractivity contribution is 7.13. The smallest absolute Gasteiger partial charge is 0.154 e. The van der Waals surface area contributed by atoms with Crippen molar-refractivity contribution in [3.05, 3.63) is 47.6 Å². The summed E-state index contributed by atoms with van der Waals surface area (Å²) < 4.78 is 2.09. The predicted octanol–water partition coefficient (Wildman–Crippen LogP) is 2.52. The van der Waals surface area contributed by atoms with Crippen LogP contribution in [-0.4, -0.2) is 9.38 Å². The van der Waals surface area contributed by atoms with Crippen molar-refractivity contribution in [2.75, 3.05) is 0 Å². The van der Waals surface area contributed by atoms with Crippen LogP contribution in [0.2, 0.25) is 0 Å². The van der Waals surface area contributed by atoms with Crippen LogP contribution in [0.1, 0.15) is 5.56 Å². The zero-order chi connectivity index (χ0) is 11.0. The van der Waals surface area contributed by atoms with Crippen LogP contribution in [0, 0.1) is 0 Å². The lowest BCUT2D eigenvalue weighted by atomic mass is 10.2. The maximum atomic E-state index is 5.61. The van der Waals surface area contributed by atoms with Gasteiger partial charge in [0.05, 0.1) is 16.6 Å². The van der Waals surface area contributed by atoms with Crippen LogP contribution in [0.15, 0.2) is 42.0 Å². The molecule has 0 spiro atoms. The van der Waals surface area contributed by atoms with Gasteiger partial charge in [0.25, 0.3) is 0 Å². The molecule has 16 heavy (non-hydrogen) atoms. The number of rotatable bonds is 2. The van der Waals surface area contributed by atoms with Crippen LogP contribution in [0.5, 0.6) is 0 Å². The van der Waals surface area contributed by atoms with Gasteiger partial charge in [0, 0.05) is 12.7 Å². The molecule has 2 N–H and O–H groups in total. The quantitative estimate of drug-likeness (QED) is 0.733.